The molecule has 0 aliphatic heterocycles. The first kappa shape index (κ1) is 13.0. The summed E-state index contributed by atoms with van der Waals surface area (Å²) in [5, 5.41) is 9.96. The van der Waals surface area contributed by atoms with Gasteiger partial charge < -0.3 is 10.1 Å². The second-order valence-electron chi connectivity index (χ2n) is 3.94. The number of aromatic amines is 1. The maximum atomic E-state index is 5.73. The summed E-state index contributed by atoms with van der Waals surface area (Å²) in [6, 6.07) is 6.05. The number of aromatic nitrogens is 2. The fraction of sp³-hybridized carbons (Fsp3) is 0.308. The van der Waals surface area contributed by atoms with Crippen molar-refractivity contribution in [1.82, 2.24) is 10.2 Å². The van der Waals surface area contributed by atoms with Crippen molar-refractivity contribution in [2.75, 3.05) is 11.9 Å². The minimum Gasteiger partial charge on any atom is -0.493 e. The van der Waals surface area contributed by atoms with Crippen LogP contribution in [0.25, 0.3) is 0 Å². The van der Waals surface area contributed by atoms with E-state index in [9.17, 15) is 0 Å². The molecule has 0 spiro atoms. The number of ether oxygens (including phenoxy) is 1. The fourth-order valence-electron chi connectivity index (χ4n) is 1.58. The molecule has 18 heavy (non-hydrogen) atoms. The Labute approximate surface area is 115 Å². The molecule has 0 aliphatic carbocycles. The number of nitrogens with one attached hydrogen (secondary N) is 2. The minimum atomic E-state index is 0.706. The van der Waals surface area contributed by atoms with Crippen LogP contribution >= 0.6 is 15.9 Å². The van der Waals surface area contributed by atoms with Crippen molar-refractivity contribution in [1.29, 1.82) is 0 Å². The summed E-state index contributed by atoms with van der Waals surface area (Å²) in [6.07, 6.45) is 4.58. The highest BCUT2D eigenvalue weighted by Crippen LogP contribution is 2.24. The molecule has 0 atom stereocenters. The van der Waals surface area contributed by atoms with Crippen LogP contribution in [0, 0.1) is 0 Å². The van der Waals surface area contributed by atoms with Gasteiger partial charge in [0.1, 0.15) is 5.75 Å². The zero-order valence-electron chi connectivity index (χ0n) is 10.2. The Balaban J connectivity index is 2.06. The van der Waals surface area contributed by atoms with E-state index in [2.05, 4.69) is 44.4 Å². The molecule has 1 aromatic carbocycles. The molecule has 0 saturated carbocycles. The van der Waals surface area contributed by atoms with Gasteiger partial charge in [-0.05, 0) is 24.6 Å². The third kappa shape index (κ3) is 3.50. The Bertz CT molecular complexity index is 485. The van der Waals surface area contributed by atoms with Crippen molar-refractivity contribution in [2.45, 2.75) is 19.9 Å². The average molecular weight is 310 g/mol. The van der Waals surface area contributed by atoms with Gasteiger partial charge in [0, 0.05) is 22.8 Å². The van der Waals surface area contributed by atoms with Crippen molar-refractivity contribution in [3.63, 3.8) is 0 Å². The largest absolute Gasteiger partial charge is 0.493 e. The van der Waals surface area contributed by atoms with E-state index in [0.717, 1.165) is 34.5 Å². The summed E-state index contributed by atoms with van der Waals surface area (Å²) in [6.45, 7) is 3.54. The topological polar surface area (TPSA) is 49.9 Å². The van der Waals surface area contributed by atoms with Gasteiger partial charge in [-0.2, -0.15) is 5.10 Å². The van der Waals surface area contributed by atoms with Gasteiger partial charge in [0.2, 0.25) is 0 Å². The van der Waals surface area contributed by atoms with E-state index in [1.807, 2.05) is 18.3 Å². The van der Waals surface area contributed by atoms with Gasteiger partial charge in [-0.1, -0.05) is 22.9 Å². The van der Waals surface area contributed by atoms with Crippen molar-refractivity contribution >= 4 is 21.6 Å². The summed E-state index contributed by atoms with van der Waals surface area (Å²) in [7, 11) is 0. The van der Waals surface area contributed by atoms with Crippen molar-refractivity contribution in [2.24, 2.45) is 0 Å². The number of hydrogen-bond acceptors (Lipinski definition) is 3. The molecule has 2 rings (SSSR count). The van der Waals surface area contributed by atoms with Crippen LogP contribution < -0.4 is 10.1 Å². The number of hydrogen-bond donors (Lipinski definition) is 2. The molecule has 0 radical (unpaired) electrons. The van der Waals surface area contributed by atoms with Crippen LogP contribution in [0.2, 0.25) is 0 Å². The predicted octanol–water partition coefficient (Wildman–Crippen LogP) is 3.57. The van der Waals surface area contributed by atoms with Crippen molar-refractivity contribution in [3.8, 4) is 5.75 Å². The molecule has 0 amide bonds. The number of benzene rings is 1. The number of halogens is 1. The third-order valence-corrected chi connectivity index (χ3v) is 2.96. The number of nitrogens with zero attached hydrogens (tertiary/aromatic N) is 1. The molecule has 96 valence electrons. The van der Waals surface area contributed by atoms with Crippen LogP contribution in [-0.2, 0) is 6.54 Å². The predicted molar refractivity (Wildman–Crippen MR) is 75.8 cm³/mol. The molecule has 2 N–H and O–H groups in total. The average Bonchev–Trinajstić information content (AvgIpc) is 2.88. The Morgan fingerprint density at radius 2 is 2.33 bits per heavy atom. The Hall–Kier alpha value is -1.49. The summed E-state index contributed by atoms with van der Waals surface area (Å²) < 4.78 is 6.78. The van der Waals surface area contributed by atoms with Gasteiger partial charge in [0.25, 0.3) is 0 Å². The first-order valence-electron chi connectivity index (χ1n) is 5.93. The van der Waals surface area contributed by atoms with Crippen LogP contribution in [0.1, 0.15) is 18.9 Å². The van der Waals surface area contributed by atoms with E-state index in [4.69, 9.17) is 4.74 Å². The molecule has 2 aromatic rings. The molecule has 5 heteroatoms. The van der Waals surface area contributed by atoms with E-state index in [1.54, 1.807) is 6.20 Å². The SMILES string of the molecule is CCCOc1ccc(Br)cc1CNc1cn[nH]c1. The number of anilines is 1. The summed E-state index contributed by atoms with van der Waals surface area (Å²) in [5.74, 6) is 0.927. The van der Waals surface area contributed by atoms with Gasteiger partial charge >= 0.3 is 0 Å². The molecule has 0 saturated heterocycles. The van der Waals surface area contributed by atoms with E-state index < -0.39 is 0 Å². The zero-order valence-corrected chi connectivity index (χ0v) is 11.8. The molecule has 0 unspecified atom stereocenters. The smallest absolute Gasteiger partial charge is 0.124 e. The van der Waals surface area contributed by atoms with E-state index in [0.29, 0.717) is 6.54 Å². The third-order valence-electron chi connectivity index (χ3n) is 2.47. The quantitative estimate of drug-likeness (QED) is 0.857. The minimum absolute atomic E-state index is 0.706. The number of rotatable bonds is 6. The highest BCUT2D eigenvalue weighted by atomic mass is 79.9. The molecule has 0 fully saturated rings. The van der Waals surface area contributed by atoms with Gasteiger partial charge in [0.05, 0.1) is 18.5 Å². The van der Waals surface area contributed by atoms with E-state index >= 15 is 0 Å². The molecule has 0 aliphatic rings. The summed E-state index contributed by atoms with van der Waals surface area (Å²) >= 11 is 3.48. The lowest BCUT2D eigenvalue weighted by Crippen LogP contribution is -2.03. The van der Waals surface area contributed by atoms with Crippen LogP contribution in [0.15, 0.2) is 35.1 Å². The monoisotopic (exact) mass is 309 g/mol. The highest BCUT2D eigenvalue weighted by molar-refractivity contribution is 9.10. The molecule has 4 nitrogen and oxygen atoms in total. The van der Waals surface area contributed by atoms with Gasteiger partial charge in [0.15, 0.2) is 0 Å². The van der Waals surface area contributed by atoms with Gasteiger partial charge in [-0.3, -0.25) is 5.10 Å². The van der Waals surface area contributed by atoms with E-state index in [-0.39, 0.29) is 0 Å². The first-order chi connectivity index (χ1) is 8.79. The number of H-pyrrole nitrogens is 1. The van der Waals surface area contributed by atoms with E-state index in [1.165, 1.54) is 0 Å². The second kappa shape index (κ2) is 6.44. The lowest BCUT2D eigenvalue weighted by atomic mass is 10.2. The lowest BCUT2D eigenvalue weighted by Gasteiger charge is -2.12. The molecule has 0 bridgehead atoms. The maximum absolute atomic E-state index is 5.73. The normalized spacial score (nSPS) is 10.3. The molecule has 1 aromatic heterocycles. The maximum Gasteiger partial charge on any atom is 0.124 e. The fourth-order valence-corrected chi connectivity index (χ4v) is 1.99. The summed E-state index contributed by atoms with van der Waals surface area (Å²) in [5.41, 5.74) is 2.09. The second-order valence-corrected chi connectivity index (χ2v) is 4.86. The standard InChI is InChI=1S/C13H16BrN3O/c1-2-5-18-13-4-3-11(14)6-10(13)7-15-12-8-16-17-9-12/h3-4,6,8-9,15H,2,5,7H2,1H3,(H,16,17). The van der Waals surface area contributed by atoms with Crippen LogP contribution in [0.3, 0.4) is 0 Å². The van der Waals surface area contributed by atoms with Gasteiger partial charge in [-0.25, -0.2) is 0 Å². The summed E-state index contributed by atoms with van der Waals surface area (Å²) in [4.78, 5) is 0. The lowest BCUT2D eigenvalue weighted by molar-refractivity contribution is 0.314. The van der Waals surface area contributed by atoms with Gasteiger partial charge in [-0.15, -0.1) is 0 Å². The highest BCUT2D eigenvalue weighted by Gasteiger charge is 2.05. The van der Waals surface area contributed by atoms with Crippen molar-refractivity contribution in [3.05, 3.63) is 40.6 Å². The van der Waals surface area contributed by atoms with Crippen LogP contribution in [0.5, 0.6) is 5.75 Å². The molecule has 1 heterocycles. The van der Waals surface area contributed by atoms with Crippen LogP contribution in [-0.4, -0.2) is 16.8 Å². The molecular weight excluding hydrogens is 294 g/mol. The Morgan fingerprint density at radius 1 is 1.44 bits per heavy atom. The van der Waals surface area contributed by atoms with Crippen molar-refractivity contribution < 1.29 is 4.74 Å². The molecular formula is C13H16BrN3O. The zero-order chi connectivity index (χ0) is 12.8. The van der Waals surface area contributed by atoms with Crippen LogP contribution in [0.4, 0.5) is 5.69 Å². The first-order valence-corrected chi connectivity index (χ1v) is 6.72. The Morgan fingerprint density at radius 3 is 3.06 bits per heavy atom. The Kier molecular flexibility index (Phi) is 4.64.